The number of benzene rings is 1. The van der Waals surface area contributed by atoms with Gasteiger partial charge < -0.3 is 9.84 Å². The summed E-state index contributed by atoms with van der Waals surface area (Å²) in [6.45, 7) is 0. The minimum Gasteiger partial charge on any atom is -0.389 e. The van der Waals surface area contributed by atoms with Gasteiger partial charge in [0.05, 0.1) is 16.7 Å². The van der Waals surface area contributed by atoms with Crippen molar-refractivity contribution in [3.05, 3.63) is 34.6 Å². The molecule has 0 aromatic heterocycles. The molecule has 0 aliphatic heterocycles. The smallest absolute Gasteiger partial charge is 0.145 e. The van der Waals surface area contributed by atoms with Crippen LogP contribution in [0.4, 0.5) is 4.39 Å². The van der Waals surface area contributed by atoms with E-state index in [4.69, 9.17) is 16.3 Å². The Morgan fingerprint density at radius 2 is 2.25 bits per heavy atom. The summed E-state index contributed by atoms with van der Waals surface area (Å²) < 4.78 is 18.7. The molecular weight excluding hydrogens is 231 g/mol. The first-order valence-corrected chi connectivity index (χ1v) is 5.60. The fourth-order valence-electron chi connectivity index (χ4n) is 2.14. The van der Waals surface area contributed by atoms with Crippen LogP contribution in [0.25, 0.3) is 0 Å². The second kappa shape index (κ2) is 4.32. The van der Waals surface area contributed by atoms with E-state index in [0.717, 1.165) is 0 Å². The molecule has 0 atom stereocenters. The summed E-state index contributed by atoms with van der Waals surface area (Å²) in [7, 11) is 1.62. The highest BCUT2D eigenvalue weighted by Gasteiger charge is 2.43. The molecule has 0 saturated heterocycles. The fraction of sp³-hybridized carbons (Fsp3) is 0.500. The Bertz CT molecular complexity index is 389. The summed E-state index contributed by atoms with van der Waals surface area (Å²) in [4.78, 5) is 0. The largest absolute Gasteiger partial charge is 0.389 e. The number of aliphatic hydroxyl groups is 1. The van der Waals surface area contributed by atoms with Crippen molar-refractivity contribution in [3.63, 3.8) is 0 Å². The monoisotopic (exact) mass is 244 g/mol. The first kappa shape index (κ1) is 11.8. The van der Waals surface area contributed by atoms with Gasteiger partial charge in [-0.15, -0.1) is 0 Å². The second-order valence-electron chi connectivity index (χ2n) is 4.38. The zero-order valence-electron chi connectivity index (χ0n) is 9.04. The van der Waals surface area contributed by atoms with Crippen LogP contribution >= 0.6 is 11.6 Å². The van der Waals surface area contributed by atoms with Crippen LogP contribution in [0.1, 0.15) is 18.4 Å². The van der Waals surface area contributed by atoms with Gasteiger partial charge in [-0.05, 0) is 11.6 Å². The number of hydrogen-bond acceptors (Lipinski definition) is 2. The number of rotatable bonds is 3. The van der Waals surface area contributed by atoms with Crippen molar-refractivity contribution in [2.75, 3.05) is 7.11 Å². The molecule has 4 heteroatoms. The molecular formula is C12H14ClFO2. The van der Waals surface area contributed by atoms with Crippen LogP contribution in [-0.4, -0.2) is 23.9 Å². The predicted octanol–water partition coefficient (Wildman–Crippen LogP) is 2.56. The lowest BCUT2D eigenvalue weighted by Gasteiger charge is -2.42. The van der Waals surface area contributed by atoms with Gasteiger partial charge in [-0.1, -0.05) is 23.7 Å². The first-order chi connectivity index (χ1) is 7.54. The Hall–Kier alpha value is -0.640. The summed E-state index contributed by atoms with van der Waals surface area (Å²) in [6.07, 6.45) is 1.48. The van der Waals surface area contributed by atoms with Crippen molar-refractivity contribution in [2.24, 2.45) is 0 Å². The molecule has 0 unspecified atom stereocenters. The van der Waals surface area contributed by atoms with Gasteiger partial charge >= 0.3 is 0 Å². The summed E-state index contributed by atoms with van der Waals surface area (Å²) in [5, 5.41) is 10.2. The molecule has 0 bridgehead atoms. The number of ether oxygens (including phenoxy) is 1. The third-order valence-corrected chi connectivity index (χ3v) is 3.39. The SMILES string of the molecule is COC1CC(O)(Cc2cccc(Cl)c2F)C1. The highest BCUT2D eigenvalue weighted by molar-refractivity contribution is 6.30. The van der Waals surface area contributed by atoms with E-state index in [2.05, 4.69) is 0 Å². The molecule has 1 N–H and O–H groups in total. The third kappa shape index (κ3) is 2.21. The molecule has 0 heterocycles. The van der Waals surface area contributed by atoms with Gasteiger partial charge in [0, 0.05) is 26.4 Å². The van der Waals surface area contributed by atoms with Crippen LogP contribution in [0, 0.1) is 5.82 Å². The maximum atomic E-state index is 13.6. The molecule has 0 radical (unpaired) electrons. The van der Waals surface area contributed by atoms with E-state index in [1.165, 1.54) is 6.07 Å². The van der Waals surface area contributed by atoms with Crippen LogP contribution in [0.2, 0.25) is 5.02 Å². The maximum absolute atomic E-state index is 13.6. The molecule has 1 aliphatic carbocycles. The standard InChI is InChI=1S/C12H14ClFO2/c1-16-9-6-12(15,7-9)5-8-3-2-4-10(13)11(8)14/h2-4,9,15H,5-7H2,1H3. The maximum Gasteiger partial charge on any atom is 0.145 e. The van der Waals surface area contributed by atoms with Gasteiger partial charge in [-0.25, -0.2) is 4.39 Å². The molecule has 2 rings (SSSR count). The van der Waals surface area contributed by atoms with Gasteiger partial charge in [0.2, 0.25) is 0 Å². The van der Waals surface area contributed by atoms with E-state index in [-0.39, 0.29) is 11.1 Å². The van der Waals surface area contributed by atoms with Crippen LogP contribution in [0.15, 0.2) is 18.2 Å². The molecule has 1 fully saturated rings. The van der Waals surface area contributed by atoms with Crippen molar-refractivity contribution in [1.29, 1.82) is 0 Å². The minimum atomic E-state index is -0.841. The first-order valence-electron chi connectivity index (χ1n) is 5.22. The van der Waals surface area contributed by atoms with Crippen molar-refractivity contribution < 1.29 is 14.2 Å². The van der Waals surface area contributed by atoms with Gasteiger partial charge in [0.1, 0.15) is 5.82 Å². The summed E-state index contributed by atoms with van der Waals surface area (Å²) in [5.74, 6) is -0.432. The van der Waals surface area contributed by atoms with E-state index in [0.29, 0.717) is 24.8 Å². The van der Waals surface area contributed by atoms with Gasteiger partial charge in [-0.3, -0.25) is 0 Å². The van der Waals surface area contributed by atoms with Crippen molar-refractivity contribution in [2.45, 2.75) is 31.0 Å². The lowest BCUT2D eigenvalue weighted by atomic mass is 9.73. The van der Waals surface area contributed by atoms with E-state index < -0.39 is 11.4 Å². The van der Waals surface area contributed by atoms with Gasteiger partial charge in [-0.2, -0.15) is 0 Å². The summed E-state index contributed by atoms with van der Waals surface area (Å²) in [5.41, 5.74) is -0.379. The molecule has 1 saturated carbocycles. The zero-order valence-corrected chi connectivity index (χ0v) is 9.80. The number of halogens is 2. The van der Waals surface area contributed by atoms with E-state index in [9.17, 15) is 9.50 Å². The average molecular weight is 245 g/mol. The van der Waals surface area contributed by atoms with Gasteiger partial charge in [0.25, 0.3) is 0 Å². The number of methoxy groups -OCH3 is 1. The lowest BCUT2D eigenvalue weighted by Crippen LogP contribution is -2.49. The Morgan fingerprint density at radius 3 is 2.88 bits per heavy atom. The molecule has 88 valence electrons. The lowest BCUT2D eigenvalue weighted by molar-refractivity contribution is -0.126. The molecule has 1 aromatic rings. The Balaban J connectivity index is 2.08. The van der Waals surface area contributed by atoms with Gasteiger partial charge in [0.15, 0.2) is 0 Å². The summed E-state index contributed by atoms with van der Waals surface area (Å²) >= 11 is 5.68. The molecule has 2 nitrogen and oxygen atoms in total. The molecule has 1 aromatic carbocycles. The molecule has 0 amide bonds. The highest BCUT2D eigenvalue weighted by Crippen LogP contribution is 2.37. The summed E-state index contributed by atoms with van der Waals surface area (Å²) in [6, 6.07) is 4.85. The van der Waals surface area contributed by atoms with Crippen LogP contribution in [0.5, 0.6) is 0 Å². The Morgan fingerprint density at radius 1 is 1.56 bits per heavy atom. The molecule has 16 heavy (non-hydrogen) atoms. The minimum absolute atomic E-state index is 0.0900. The Kier molecular flexibility index (Phi) is 3.19. The fourth-order valence-corrected chi connectivity index (χ4v) is 2.33. The second-order valence-corrected chi connectivity index (χ2v) is 4.79. The van der Waals surface area contributed by atoms with E-state index in [1.807, 2.05) is 0 Å². The van der Waals surface area contributed by atoms with Crippen LogP contribution < -0.4 is 0 Å². The van der Waals surface area contributed by atoms with Crippen molar-refractivity contribution >= 4 is 11.6 Å². The molecule has 1 aliphatic rings. The quantitative estimate of drug-likeness (QED) is 0.886. The third-order valence-electron chi connectivity index (χ3n) is 3.10. The Labute approximate surface area is 99.0 Å². The van der Waals surface area contributed by atoms with Crippen LogP contribution in [-0.2, 0) is 11.2 Å². The average Bonchev–Trinajstić information content (AvgIpc) is 2.21. The molecule has 0 spiro atoms. The van der Waals surface area contributed by atoms with E-state index in [1.54, 1.807) is 19.2 Å². The highest BCUT2D eigenvalue weighted by atomic mass is 35.5. The van der Waals surface area contributed by atoms with Crippen molar-refractivity contribution in [3.8, 4) is 0 Å². The van der Waals surface area contributed by atoms with Crippen LogP contribution in [0.3, 0.4) is 0 Å². The topological polar surface area (TPSA) is 29.5 Å². The predicted molar refractivity (Wildman–Crippen MR) is 60.1 cm³/mol. The van der Waals surface area contributed by atoms with Crippen molar-refractivity contribution in [1.82, 2.24) is 0 Å². The number of hydrogen-bond donors (Lipinski definition) is 1. The normalized spacial score (nSPS) is 28.9. The van der Waals surface area contributed by atoms with E-state index >= 15 is 0 Å². The zero-order chi connectivity index (χ0) is 11.8.